The Balaban J connectivity index is 2.63. The zero-order valence-corrected chi connectivity index (χ0v) is 10.8. The van der Waals surface area contributed by atoms with Crippen molar-refractivity contribution in [1.29, 1.82) is 0 Å². The maximum atomic E-state index is 11.8. The van der Waals surface area contributed by atoms with Crippen molar-refractivity contribution in [2.24, 2.45) is 5.41 Å². The van der Waals surface area contributed by atoms with Crippen LogP contribution in [0, 0.1) is 5.41 Å². The van der Waals surface area contributed by atoms with E-state index < -0.39 is 0 Å². The lowest BCUT2D eigenvalue weighted by Crippen LogP contribution is -2.45. The van der Waals surface area contributed by atoms with Crippen LogP contribution in [0.25, 0.3) is 0 Å². The summed E-state index contributed by atoms with van der Waals surface area (Å²) in [6.07, 6.45) is 2.41. The van der Waals surface area contributed by atoms with Gasteiger partial charge in [-0.05, 0) is 37.8 Å². The number of hydrogen-bond donors (Lipinski definition) is 1. The summed E-state index contributed by atoms with van der Waals surface area (Å²) in [7, 11) is 0. The van der Waals surface area contributed by atoms with Crippen molar-refractivity contribution in [3.8, 4) is 0 Å². The van der Waals surface area contributed by atoms with Crippen LogP contribution in [-0.4, -0.2) is 11.4 Å². The van der Waals surface area contributed by atoms with E-state index in [1.54, 1.807) is 12.1 Å². The summed E-state index contributed by atoms with van der Waals surface area (Å²) in [6.45, 7) is 10.5. The first-order valence-corrected chi connectivity index (χ1v) is 5.56. The monoisotopic (exact) mass is 223 g/mol. The van der Waals surface area contributed by atoms with Crippen molar-refractivity contribution in [2.45, 2.75) is 46.6 Å². The molecular formula is C13H21NO2. The minimum atomic E-state index is -0.234. The van der Waals surface area contributed by atoms with Crippen molar-refractivity contribution in [3.05, 3.63) is 24.2 Å². The van der Waals surface area contributed by atoms with Gasteiger partial charge in [-0.15, -0.1) is 0 Å². The summed E-state index contributed by atoms with van der Waals surface area (Å²) in [5.74, 6) is 0.209. The van der Waals surface area contributed by atoms with E-state index in [4.69, 9.17) is 4.42 Å². The molecule has 0 atom stereocenters. The van der Waals surface area contributed by atoms with Gasteiger partial charge >= 0.3 is 0 Å². The standard InChI is InChI=1S/C13H21NO2/c1-12(2,3)9-13(4,5)14-11(15)10-7-6-8-16-10/h6-8H,9H2,1-5H3,(H,14,15). The molecule has 0 bridgehead atoms. The quantitative estimate of drug-likeness (QED) is 0.854. The Kier molecular flexibility index (Phi) is 3.46. The molecule has 0 saturated heterocycles. The van der Waals surface area contributed by atoms with E-state index in [9.17, 15) is 4.79 Å². The maximum absolute atomic E-state index is 11.8. The van der Waals surface area contributed by atoms with Gasteiger partial charge in [0.05, 0.1) is 6.26 Å². The van der Waals surface area contributed by atoms with Crippen molar-refractivity contribution in [3.63, 3.8) is 0 Å². The Hall–Kier alpha value is -1.25. The molecule has 0 radical (unpaired) electrons. The minimum Gasteiger partial charge on any atom is -0.459 e. The maximum Gasteiger partial charge on any atom is 0.287 e. The molecule has 0 saturated carbocycles. The van der Waals surface area contributed by atoms with Crippen molar-refractivity contribution < 1.29 is 9.21 Å². The number of amides is 1. The van der Waals surface area contributed by atoms with Gasteiger partial charge in [0.25, 0.3) is 5.91 Å². The van der Waals surface area contributed by atoms with Crippen molar-refractivity contribution in [2.75, 3.05) is 0 Å². The van der Waals surface area contributed by atoms with Crippen LogP contribution in [0.4, 0.5) is 0 Å². The number of carbonyl (C=O) groups is 1. The molecule has 1 aromatic rings. The Morgan fingerprint density at radius 2 is 1.94 bits per heavy atom. The predicted molar refractivity (Wildman–Crippen MR) is 64.3 cm³/mol. The van der Waals surface area contributed by atoms with Gasteiger partial charge < -0.3 is 9.73 Å². The smallest absolute Gasteiger partial charge is 0.287 e. The third-order valence-electron chi connectivity index (χ3n) is 2.17. The van der Waals surface area contributed by atoms with E-state index in [-0.39, 0.29) is 16.9 Å². The largest absolute Gasteiger partial charge is 0.459 e. The lowest BCUT2D eigenvalue weighted by Gasteiger charge is -2.33. The molecule has 1 rings (SSSR count). The highest BCUT2D eigenvalue weighted by molar-refractivity contribution is 5.91. The molecule has 3 heteroatoms. The Bertz CT molecular complexity index is 345. The molecule has 1 N–H and O–H groups in total. The van der Waals surface area contributed by atoms with Gasteiger partial charge in [0, 0.05) is 5.54 Å². The highest BCUT2D eigenvalue weighted by atomic mass is 16.3. The van der Waals surface area contributed by atoms with E-state index in [0.717, 1.165) is 6.42 Å². The highest BCUT2D eigenvalue weighted by Gasteiger charge is 2.27. The Morgan fingerprint density at radius 1 is 1.31 bits per heavy atom. The molecule has 0 aliphatic rings. The second kappa shape index (κ2) is 4.32. The van der Waals surface area contributed by atoms with E-state index in [2.05, 4.69) is 26.1 Å². The molecule has 0 spiro atoms. The predicted octanol–water partition coefficient (Wildman–Crippen LogP) is 3.22. The minimum absolute atomic E-state index is 0.153. The summed E-state index contributed by atoms with van der Waals surface area (Å²) >= 11 is 0. The zero-order chi connectivity index (χ0) is 12.4. The lowest BCUT2D eigenvalue weighted by molar-refractivity contribution is 0.0863. The normalized spacial score (nSPS) is 12.6. The van der Waals surface area contributed by atoms with Crippen molar-refractivity contribution in [1.82, 2.24) is 5.32 Å². The molecule has 3 nitrogen and oxygen atoms in total. The van der Waals surface area contributed by atoms with Crippen molar-refractivity contribution >= 4 is 5.91 Å². The van der Waals surface area contributed by atoms with Gasteiger partial charge in [0.1, 0.15) is 0 Å². The molecule has 0 aliphatic carbocycles. The van der Waals surface area contributed by atoms with Crippen LogP contribution in [0.2, 0.25) is 0 Å². The summed E-state index contributed by atoms with van der Waals surface area (Å²) in [5, 5.41) is 2.98. The molecule has 0 fully saturated rings. The summed E-state index contributed by atoms with van der Waals surface area (Å²) in [4.78, 5) is 11.8. The Labute approximate surface area is 97.2 Å². The number of furan rings is 1. The SMILES string of the molecule is CC(C)(C)CC(C)(C)NC(=O)c1ccco1. The third kappa shape index (κ3) is 4.09. The fraction of sp³-hybridized carbons (Fsp3) is 0.615. The van der Waals surface area contributed by atoms with E-state index in [1.807, 2.05) is 13.8 Å². The second-order valence-corrected chi connectivity index (χ2v) is 6.05. The van der Waals surface area contributed by atoms with Crippen LogP contribution in [0.5, 0.6) is 0 Å². The fourth-order valence-corrected chi connectivity index (χ4v) is 2.15. The van der Waals surface area contributed by atoms with Crippen LogP contribution in [0.3, 0.4) is 0 Å². The second-order valence-electron chi connectivity index (χ2n) is 6.05. The number of rotatable bonds is 3. The van der Waals surface area contributed by atoms with Gasteiger partial charge in [-0.2, -0.15) is 0 Å². The van der Waals surface area contributed by atoms with Crippen LogP contribution in [0.1, 0.15) is 51.6 Å². The first-order valence-electron chi connectivity index (χ1n) is 5.56. The van der Waals surface area contributed by atoms with Crippen LogP contribution in [0.15, 0.2) is 22.8 Å². The molecule has 0 aromatic carbocycles. The van der Waals surface area contributed by atoms with Gasteiger partial charge in [-0.3, -0.25) is 4.79 Å². The van der Waals surface area contributed by atoms with E-state index in [0.29, 0.717) is 5.76 Å². The number of hydrogen-bond acceptors (Lipinski definition) is 2. The average Bonchev–Trinajstić information content (AvgIpc) is 2.48. The summed E-state index contributed by atoms with van der Waals surface area (Å²) in [6, 6.07) is 3.38. The molecule has 1 aromatic heterocycles. The first-order chi connectivity index (χ1) is 7.20. The van der Waals surface area contributed by atoms with Gasteiger partial charge in [-0.25, -0.2) is 0 Å². The lowest BCUT2D eigenvalue weighted by atomic mass is 9.82. The number of nitrogens with one attached hydrogen (secondary N) is 1. The molecule has 1 amide bonds. The topological polar surface area (TPSA) is 42.2 Å². The van der Waals surface area contributed by atoms with Gasteiger partial charge in [-0.1, -0.05) is 20.8 Å². The highest BCUT2D eigenvalue weighted by Crippen LogP contribution is 2.26. The van der Waals surface area contributed by atoms with Crippen LogP contribution < -0.4 is 5.32 Å². The van der Waals surface area contributed by atoms with Gasteiger partial charge in [0.2, 0.25) is 0 Å². The van der Waals surface area contributed by atoms with E-state index in [1.165, 1.54) is 6.26 Å². The van der Waals surface area contributed by atoms with Crippen LogP contribution in [-0.2, 0) is 0 Å². The molecule has 1 heterocycles. The Morgan fingerprint density at radius 3 is 2.38 bits per heavy atom. The average molecular weight is 223 g/mol. The van der Waals surface area contributed by atoms with E-state index >= 15 is 0 Å². The third-order valence-corrected chi connectivity index (χ3v) is 2.17. The fourth-order valence-electron chi connectivity index (χ4n) is 2.15. The zero-order valence-electron chi connectivity index (χ0n) is 10.8. The van der Waals surface area contributed by atoms with Crippen LogP contribution >= 0.6 is 0 Å². The molecule has 0 unspecified atom stereocenters. The molecule has 16 heavy (non-hydrogen) atoms. The number of carbonyl (C=O) groups excluding carboxylic acids is 1. The molecule has 90 valence electrons. The molecular weight excluding hydrogens is 202 g/mol. The summed E-state index contributed by atoms with van der Waals surface area (Å²) < 4.78 is 5.06. The van der Waals surface area contributed by atoms with Gasteiger partial charge in [0.15, 0.2) is 5.76 Å². The summed E-state index contributed by atoms with van der Waals surface area (Å²) in [5.41, 5.74) is -0.0535. The first kappa shape index (κ1) is 12.8. The molecule has 0 aliphatic heterocycles.